The number of aryl methyl sites for hydroxylation is 6. The van der Waals surface area contributed by atoms with Crippen LogP contribution < -0.4 is 0 Å². The molecule has 0 fully saturated rings. The maximum absolute atomic E-state index is 2.34. The Labute approximate surface area is 164 Å². The fourth-order valence-electron chi connectivity index (χ4n) is 3.75. The molecule has 0 amide bonds. The second-order valence-electron chi connectivity index (χ2n) is 7.58. The first-order valence-electron chi connectivity index (χ1n) is 9.47. The molecule has 2 heteroatoms. The predicted octanol–water partition coefficient (Wildman–Crippen LogP) is 5.97. The third kappa shape index (κ3) is 6.60. The first-order chi connectivity index (χ1) is 11.5. The van der Waals surface area contributed by atoms with Crippen molar-refractivity contribution in [2.45, 2.75) is 78.3 Å². The third-order valence-electron chi connectivity index (χ3n) is 4.72. The van der Waals surface area contributed by atoms with Crippen molar-refractivity contribution < 1.29 is 23.3 Å². The Balaban J connectivity index is 0.000000143. The van der Waals surface area contributed by atoms with Crippen LogP contribution in [0.25, 0.3) is 0 Å². The average Bonchev–Trinajstić information content (AvgIpc) is 3.07. The molecule has 0 saturated heterocycles. The smallest absolute Gasteiger partial charge is 0.0512 e. The molecule has 0 nitrogen and oxygen atoms in total. The van der Waals surface area contributed by atoms with Crippen LogP contribution in [0.3, 0.4) is 0 Å². The van der Waals surface area contributed by atoms with E-state index in [1.54, 1.807) is 45.6 Å². The molecule has 2 aliphatic carbocycles. The second kappa shape index (κ2) is 10.1. The largest absolute Gasteiger partial charge is 0.207 e. The maximum Gasteiger partial charge on any atom is -0.0512 e. The first-order valence-corrected chi connectivity index (χ1v) is 15.7. The van der Waals surface area contributed by atoms with Crippen molar-refractivity contribution in [3.8, 4) is 0 Å². The SMILES string of the molecule is C[Si](C)=[Zr+2].Cc1cc2c([cH-]1)CCCC2.Cc1cc2c([cH-]1)CCCC2. The zero-order valence-corrected chi connectivity index (χ0v) is 19.4. The molecule has 2 aromatic rings. The molecular formula is C22H32SiZr. The van der Waals surface area contributed by atoms with E-state index < -0.39 is 0 Å². The van der Waals surface area contributed by atoms with Gasteiger partial charge in [-0.15, -0.1) is 0 Å². The summed E-state index contributed by atoms with van der Waals surface area (Å²) >= 11 is 1.74. The van der Waals surface area contributed by atoms with E-state index in [0.29, 0.717) is 0 Å². The van der Waals surface area contributed by atoms with E-state index in [0.717, 1.165) is 0 Å². The van der Waals surface area contributed by atoms with Crippen molar-refractivity contribution in [3.05, 3.63) is 57.6 Å². The van der Waals surface area contributed by atoms with Crippen LogP contribution in [0, 0.1) is 13.8 Å². The zero-order valence-electron chi connectivity index (χ0n) is 16.0. The van der Waals surface area contributed by atoms with E-state index in [2.05, 4.69) is 51.2 Å². The molecule has 2 aromatic carbocycles. The van der Waals surface area contributed by atoms with Gasteiger partial charge in [-0.2, -0.15) is 45.5 Å². The van der Waals surface area contributed by atoms with Crippen LogP contribution >= 0.6 is 0 Å². The molecule has 4 rings (SSSR count). The fourth-order valence-corrected chi connectivity index (χ4v) is 3.75. The summed E-state index contributed by atoms with van der Waals surface area (Å²) < 4.78 is 0. The van der Waals surface area contributed by atoms with Gasteiger partial charge in [-0.05, 0) is 0 Å². The molecule has 0 bridgehead atoms. The van der Waals surface area contributed by atoms with Gasteiger partial charge in [-0.25, -0.2) is 12.1 Å². The van der Waals surface area contributed by atoms with Crippen molar-refractivity contribution in [3.63, 3.8) is 0 Å². The Morgan fingerprint density at radius 1 is 0.750 bits per heavy atom. The Kier molecular flexibility index (Phi) is 8.44. The molecule has 0 unspecified atom stereocenters. The molecule has 128 valence electrons. The van der Waals surface area contributed by atoms with Gasteiger partial charge in [0.15, 0.2) is 0 Å². The Morgan fingerprint density at radius 2 is 1.08 bits per heavy atom. The molecule has 0 heterocycles. The van der Waals surface area contributed by atoms with Crippen molar-refractivity contribution in [1.82, 2.24) is 0 Å². The topological polar surface area (TPSA) is 0 Å². The normalized spacial score (nSPS) is 15.2. The molecule has 0 aromatic heterocycles. The summed E-state index contributed by atoms with van der Waals surface area (Å²) in [6, 6.07) is 9.37. The van der Waals surface area contributed by atoms with Crippen LogP contribution in [-0.2, 0) is 49.0 Å². The van der Waals surface area contributed by atoms with Crippen LogP contribution in [0.4, 0.5) is 0 Å². The summed E-state index contributed by atoms with van der Waals surface area (Å²) in [6.45, 7) is 9.00. The van der Waals surface area contributed by atoms with Gasteiger partial charge in [0.05, 0.1) is 0 Å². The Morgan fingerprint density at radius 3 is 1.42 bits per heavy atom. The predicted molar refractivity (Wildman–Crippen MR) is 104 cm³/mol. The van der Waals surface area contributed by atoms with E-state index >= 15 is 0 Å². The summed E-state index contributed by atoms with van der Waals surface area (Å²) in [5.74, 6) is 0. The van der Waals surface area contributed by atoms with E-state index in [4.69, 9.17) is 0 Å². The van der Waals surface area contributed by atoms with Crippen molar-refractivity contribution >= 4 is 5.43 Å². The molecule has 0 N–H and O–H groups in total. The number of rotatable bonds is 0. The van der Waals surface area contributed by atoms with Gasteiger partial charge in [-0.3, -0.25) is 0 Å². The molecule has 0 aliphatic heterocycles. The fraction of sp³-hybridized carbons (Fsp3) is 0.545. The monoisotopic (exact) mass is 414 g/mol. The van der Waals surface area contributed by atoms with Crippen LogP contribution in [0.1, 0.15) is 59.1 Å². The molecular weight excluding hydrogens is 384 g/mol. The van der Waals surface area contributed by atoms with E-state index in [-0.39, 0.29) is 5.43 Å². The quantitative estimate of drug-likeness (QED) is 0.367. The molecule has 2 aliphatic rings. The number of hydrogen-bond donors (Lipinski definition) is 0. The molecule has 0 radical (unpaired) electrons. The second-order valence-corrected chi connectivity index (χ2v) is 17.0. The van der Waals surface area contributed by atoms with Crippen LogP contribution in [0.2, 0.25) is 13.1 Å². The van der Waals surface area contributed by atoms with Gasteiger partial charge < -0.3 is 0 Å². The minimum absolute atomic E-state index is 0.210. The van der Waals surface area contributed by atoms with Gasteiger partial charge in [0.2, 0.25) is 0 Å². The van der Waals surface area contributed by atoms with Gasteiger partial charge >= 0.3 is 41.9 Å². The van der Waals surface area contributed by atoms with Gasteiger partial charge in [0.1, 0.15) is 0 Å². The summed E-state index contributed by atoms with van der Waals surface area (Å²) in [6.07, 6.45) is 10.9. The van der Waals surface area contributed by atoms with Crippen LogP contribution in [0.15, 0.2) is 24.3 Å². The van der Waals surface area contributed by atoms with Gasteiger partial charge in [0, 0.05) is 0 Å². The van der Waals surface area contributed by atoms with Gasteiger partial charge in [-0.1, -0.05) is 65.2 Å². The molecule has 0 spiro atoms. The molecule has 0 atom stereocenters. The Bertz CT molecular complexity index is 556. The van der Waals surface area contributed by atoms with Crippen molar-refractivity contribution in [1.29, 1.82) is 0 Å². The summed E-state index contributed by atoms with van der Waals surface area (Å²) in [4.78, 5) is 0. The van der Waals surface area contributed by atoms with Crippen LogP contribution in [-0.4, -0.2) is 5.43 Å². The maximum atomic E-state index is 2.34. The zero-order chi connectivity index (χ0) is 17.5. The minimum atomic E-state index is 0.210. The standard InChI is InChI=1S/2C10H13.C2H6Si.Zr/c2*1-8-6-9-4-2-3-5-10(9)7-8;1-3-2;/h2*6-7H,2-5H2,1H3;1-2H3;/q2*-1;;+2. The van der Waals surface area contributed by atoms with E-state index in [1.807, 2.05) is 0 Å². The number of hydrogen-bond acceptors (Lipinski definition) is 0. The van der Waals surface area contributed by atoms with Gasteiger partial charge in [0.25, 0.3) is 0 Å². The third-order valence-corrected chi connectivity index (χ3v) is 4.72. The van der Waals surface area contributed by atoms with Crippen LogP contribution in [0.5, 0.6) is 0 Å². The van der Waals surface area contributed by atoms with Crippen molar-refractivity contribution in [2.75, 3.05) is 0 Å². The van der Waals surface area contributed by atoms with E-state index in [1.165, 1.54) is 62.5 Å². The Hall–Kier alpha value is -0.200. The number of fused-ring (bicyclic) bond motifs is 2. The summed E-state index contributed by atoms with van der Waals surface area (Å²) in [5.41, 5.74) is 9.57. The summed E-state index contributed by atoms with van der Waals surface area (Å²) in [5, 5.41) is 0. The first kappa shape index (κ1) is 20.1. The molecule has 24 heavy (non-hydrogen) atoms. The summed E-state index contributed by atoms with van der Waals surface area (Å²) in [7, 11) is 0. The van der Waals surface area contributed by atoms with Crippen molar-refractivity contribution in [2.24, 2.45) is 0 Å². The molecule has 0 saturated carbocycles. The minimum Gasteiger partial charge on any atom is -0.207 e. The average molecular weight is 416 g/mol. The van der Waals surface area contributed by atoms with E-state index in [9.17, 15) is 0 Å².